The van der Waals surface area contributed by atoms with Crippen molar-refractivity contribution in [2.75, 3.05) is 10.6 Å². The first-order chi connectivity index (χ1) is 36.8. The van der Waals surface area contributed by atoms with Crippen LogP contribution in [0.2, 0.25) is 0 Å². The summed E-state index contributed by atoms with van der Waals surface area (Å²) in [6, 6.07) is 43.2. The molecule has 0 fully saturated rings. The number of hydrogen-bond acceptors (Lipinski definition) is 22. The number of rotatable bonds is 16. The van der Waals surface area contributed by atoms with Crippen LogP contribution in [0.1, 0.15) is 14.0 Å². The van der Waals surface area contributed by atoms with E-state index in [1.165, 1.54) is 129 Å². The number of fused-ring (bicyclic) bond motifs is 4. The van der Waals surface area contributed by atoms with Crippen LogP contribution in [-0.4, -0.2) is 65.8 Å². The Hall–Kier alpha value is -4.40. The van der Waals surface area contributed by atoms with Gasteiger partial charge in [0.05, 0.1) is 40.9 Å². The molecule has 0 aliphatic heterocycles. The summed E-state index contributed by atoms with van der Waals surface area (Å²) >= 11 is 11.3. The van der Waals surface area contributed by atoms with Crippen LogP contribution in [0.5, 0.6) is 0 Å². The van der Waals surface area contributed by atoms with Crippen molar-refractivity contribution >= 4 is 189 Å². The van der Waals surface area contributed by atoms with Gasteiger partial charge in [0.25, 0.3) is 20.2 Å². The molecule has 0 amide bonds. The van der Waals surface area contributed by atoms with Crippen LogP contribution in [-0.2, 0) is 20.2 Å². The zero-order valence-corrected chi connectivity index (χ0v) is 52.4. The van der Waals surface area contributed by atoms with Gasteiger partial charge in [-0.2, -0.15) is 16.8 Å². The SMILES string of the molecule is O=S(=O)(O)c1cc(Nc2cc(Sc3nc4ccccc4s3)nc(Sc3nc4ccccc4s3)n2)ccc1C=Cc1ccc(Nc2cc(Sc3nc4ccccc4s3)nc(Sc3nc4ccccc4s3)n2)cc1S(=O)(=O)O.[H-].[H-].[Na+].[Na+]. The molecule has 6 aromatic heterocycles. The Morgan fingerprint density at radius 1 is 0.410 bits per heavy atom. The monoisotopic (exact) mass is 1230 g/mol. The van der Waals surface area contributed by atoms with E-state index in [4.69, 9.17) is 39.9 Å². The molecule has 0 radical (unpaired) electrons. The zero-order valence-electron chi connectivity index (χ0n) is 42.2. The van der Waals surface area contributed by atoms with Crippen molar-refractivity contribution < 1.29 is 87.9 Å². The van der Waals surface area contributed by atoms with Gasteiger partial charge >= 0.3 is 59.1 Å². The van der Waals surface area contributed by atoms with Gasteiger partial charge in [-0.1, -0.05) is 72.8 Å². The molecular weight excluding hydrogens is 1200 g/mol. The van der Waals surface area contributed by atoms with Crippen molar-refractivity contribution in [2.24, 2.45) is 0 Å². The molecular formula is C50H32N10Na2O6S10. The number of hydrogen-bond donors (Lipinski definition) is 4. The minimum atomic E-state index is -4.86. The molecule has 0 spiro atoms. The van der Waals surface area contributed by atoms with Crippen LogP contribution < -0.4 is 69.7 Å². The predicted octanol–water partition coefficient (Wildman–Crippen LogP) is 8.69. The maximum atomic E-state index is 13.0. The number of para-hydroxylation sites is 4. The second kappa shape index (κ2) is 24.4. The van der Waals surface area contributed by atoms with E-state index in [2.05, 4.69) is 10.6 Å². The number of anilines is 4. The Morgan fingerprint density at radius 2 is 0.731 bits per heavy atom. The van der Waals surface area contributed by atoms with E-state index in [-0.39, 0.29) is 84.5 Å². The van der Waals surface area contributed by atoms with Crippen LogP contribution in [0.15, 0.2) is 193 Å². The molecule has 0 saturated heterocycles. The fraction of sp³-hybridized carbons (Fsp3) is 0. The van der Waals surface area contributed by atoms with Crippen molar-refractivity contribution in [3.05, 3.63) is 157 Å². The third-order valence-electron chi connectivity index (χ3n) is 10.8. The fourth-order valence-electron chi connectivity index (χ4n) is 7.47. The Balaban J connectivity index is 0.00000210. The van der Waals surface area contributed by atoms with Crippen molar-refractivity contribution in [3.63, 3.8) is 0 Å². The van der Waals surface area contributed by atoms with Crippen molar-refractivity contribution in [3.8, 4) is 0 Å². The molecule has 6 aromatic carbocycles. The quantitative estimate of drug-likeness (QED) is 0.0233. The molecule has 380 valence electrons. The Morgan fingerprint density at radius 3 is 1.05 bits per heavy atom. The average Bonchev–Trinajstić information content (AvgIpc) is 4.20. The molecule has 4 N–H and O–H groups in total. The molecule has 0 aliphatic carbocycles. The number of nitrogens with one attached hydrogen (secondary N) is 2. The number of thiazole rings is 4. The zero-order chi connectivity index (χ0) is 52.0. The smallest absolute Gasteiger partial charge is 1.00 e. The molecule has 12 aromatic rings. The van der Waals surface area contributed by atoms with Gasteiger partial charge in [0.2, 0.25) is 0 Å². The van der Waals surface area contributed by atoms with Gasteiger partial charge in [-0.25, -0.2) is 39.9 Å². The summed E-state index contributed by atoms with van der Waals surface area (Å²) in [7, 11) is -9.73. The predicted molar refractivity (Wildman–Crippen MR) is 309 cm³/mol. The van der Waals surface area contributed by atoms with Crippen LogP contribution in [0.4, 0.5) is 23.0 Å². The van der Waals surface area contributed by atoms with Gasteiger partial charge in [0.1, 0.15) is 31.5 Å². The fourth-order valence-corrected chi connectivity index (χ4v) is 16.9. The van der Waals surface area contributed by atoms with E-state index in [1.54, 1.807) is 24.3 Å². The maximum absolute atomic E-state index is 13.0. The van der Waals surface area contributed by atoms with E-state index < -0.39 is 30.0 Å². The van der Waals surface area contributed by atoms with Crippen molar-refractivity contribution in [2.45, 2.75) is 47.5 Å². The van der Waals surface area contributed by atoms with Crippen molar-refractivity contribution in [1.29, 1.82) is 0 Å². The van der Waals surface area contributed by atoms with E-state index >= 15 is 0 Å². The Bertz CT molecular complexity index is 3910. The molecule has 0 saturated carbocycles. The van der Waals surface area contributed by atoms with Crippen LogP contribution >= 0.6 is 92.4 Å². The van der Waals surface area contributed by atoms with E-state index in [1.807, 2.05) is 97.1 Å². The molecule has 0 bridgehead atoms. The third kappa shape index (κ3) is 13.5. The largest absolute Gasteiger partial charge is 1.00 e. The first-order valence-corrected chi connectivity index (χ1v) is 31.5. The number of aromatic nitrogens is 8. The molecule has 12 rings (SSSR count). The van der Waals surface area contributed by atoms with E-state index in [0.29, 0.717) is 32.0 Å². The first kappa shape index (κ1) is 56.9. The topological polar surface area (TPSA) is 236 Å². The minimum absolute atomic E-state index is 0. The minimum Gasteiger partial charge on any atom is -1.00 e. The van der Waals surface area contributed by atoms with Gasteiger partial charge < -0.3 is 13.5 Å². The molecule has 78 heavy (non-hydrogen) atoms. The third-order valence-corrected chi connectivity index (χ3v) is 20.5. The number of benzene rings is 6. The van der Waals surface area contributed by atoms with Crippen LogP contribution in [0, 0.1) is 0 Å². The summed E-state index contributed by atoms with van der Waals surface area (Å²) in [4.78, 5) is 37.1. The number of nitrogens with zero attached hydrogens (tertiary/aromatic N) is 8. The van der Waals surface area contributed by atoms with E-state index in [9.17, 15) is 25.9 Å². The second-order valence-electron chi connectivity index (χ2n) is 16.0. The molecule has 0 atom stereocenters. The normalized spacial score (nSPS) is 11.9. The van der Waals surface area contributed by atoms with Crippen molar-refractivity contribution in [1.82, 2.24) is 39.9 Å². The molecule has 16 nitrogen and oxygen atoms in total. The maximum Gasteiger partial charge on any atom is 1.00 e. The molecule has 28 heteroatoms. The summed E-state index contributed by atoms with van der Waals surface area (Å²) in [6.07, 6.45) is 2.66. The summed E-state index contributed by atoms with van der Waals surface area (Å²) in [5, 5.41) is 8.23. The van der Waals surface area contributed by atoms with Crippen LogP contribution in [0.3, 0.4) is 0 Å². The second-order valence-corrected chi connectivity index (χ2v) is 27.9. The van der Waals surface area contributed by atoms with Gasteiger partial charge in [-0.15, -0.1) is 45.3 Å². The molecule has 0 unspecified atom stereocenters. The summed E-state index contributed by atoms with van der Waals surface area (Å²) in [6.45, 7) is 0. The van der Waals surface area contributed by atoms with Gasteiger partial charge in [-0.3, -0.25) is 9.11 Å². The standard InChI is InChI=1S/C50H30N10O6S10.2Na.2H/c61-75(62,63)39-23-29(51-41-25-43(71-47-53-31-9-1-5-13-35(31)67-47)59-45(57-41)73-49-55-33-11-3-7-15-37(33)69-49)21-19-27(39)17-18-28-20-22-30(24-40(28)76(64,65)66)52-42-26-44(72-48-54-32-10-2-6-14-36(32)68-48)60-46(58-42)74-50-56-34-12-4-8-16-38(34)70-50;;;;/h1-26H,(H,51,57,59)(H,52,58,60)(H,61,62,63)(H,64,65,66);;;;/q;2*+1;2*-1. The molecule has 6 heterocycles. The summed E-state index contributed by atoms with van der Waals surface area (Å²) < 4.78 is 80.1. The molecule has 0 aliphatic rings. The Kier molecular flexibility index (Phi) is 17.8. The van der Waals surface area contributed by atoms with Gasteiger partial charge in [0.15, 0.2) is 27.7 Å². The summed E-state index contributed by atoms with van der Waals surface area (Å²) in [5.74, 6) is 0.651. The average molecular weight is 1240 g/mol. The van der Waals surface area contributed by atoms with Gasteiger partial charge in [-0.05, 0) is 131 Å². The van der Waals surface area contributed by atoms with Gasteiger partial charge in [0, 0.05) is 23.5 Å². The Labute approximate surface area is 525 Å². The van der Waals surface area contributed by atoms with Crippen LogP contribution in [0.25, 0.3) is 53.0 Å². The summed E-state index contributed by atoms with van der Waals surface area (Å²) in [5.41, 5.74) is 3.98. The van der Waals surface area contributed by atoms with E-state index in [0.717, 1.165) is 58.2 Å². The first-order valence-electron chi connectivity index (χ1n) is 22.1.